The van der Waals surface area contributed by atoms with Crippen molar-refractivity contribution in [2.75, 3.05) is 16.8 Å². The van der Waals surface area contributed by atoms with Crippen LogP contribution in [0.3, 0.4) is 0 Å². The molecule has 2 aliphatic rings. The summed E-state index contributed by atoms with van der Waals surface area (Å²) in [5.41, 5.74) is 2.26. The van der Waals surface area contributed by atoms with Gasteiger partial charge in [-0.3, -0.25) is 9.69 Å². The first-order valence-corrected chi connectivity index (χ1v) is 12.1. The smallest absolute Gasteiger partial charge is 0.326 e. The van der Waals surface area contributed by atoms with E-state index in [0.29, 0.717) is 16.9 Å². The number of amides is 3. The third-order valence-corrected chi connectivity index (χ3v) is 7.04. The molecule has 39 heavy (non-hydrogen) atoms. The highest BCUT2D eigenvalue weighted by atomic mass is 35.5. The molecular formula is C27H17ClF2N6O3. The first-order valence-electron chi connectivity index (χ1n) is 11.7. The molecule has 0 fully saturated rings. The van der Waals surface area contributed by atoms with Gasteiger partial charge >= 0.3 is 6.03 Å². The fourth-order valence-electron chi connectivity index (χ4n) is 4.93. The van der Waals surface area contributed by atoms with E-state index in [4.69, 9.17) is 11.6 Å². The van der Waals surface area contributed by atoms with E-state index in [-0.39, 0.29) is 39.5 Å². The molecule has 4 aromatic rings. The summed E-state index contributed by atoms with van der Waals surface area (Å²) in [6.45, 7) is -0.118. The van der Waals surface area contributed by atoms with Crippen LogP contribution in [0.4, 0.5) is 25.0 Å². The number of anilines is 2. The molecule has 0 radical (unpaired) electrons. The number of carbonyl (C=O) groups excluding carboxylic acids is 2. The fourth-order valence-corrected chi connectivity index (χ4v) is 5.15. The topological polar surface area (TPSA) is 123 Å². The van der Waals surface area contributed by atoms with Crippen molar-refractivity contribution in [3.8, 4) is 11.8 Å². The average Bonchev–Trinajstić information content (AvgIpc) is 3.62. The van der Waals surface area contributed by atoms with Crippen molar-refractivity contribution in [2.24, 2.45) is 0 Å². The summed E-state index contributed by atoms with van der Waals surface area (Å²) in [4.78, 5) is 27.9. The Morgan fingerprint density at radius 1 is 1.15 bits per heavy atom. The lowest BCUT2D eigenvalue weighted by Gasteiger charge is -2.22. The molecule has 3 heterocycles. The maximum Gasteiger partial charge on any atom is 0.326 e. The lowest BCUT2D eigenvalue weighted by atomic mass is 9.95. The first-order chi connectivity index (χ1) is 18.7. The fraction of sp³-hybridized carbons (Fsp3) is 0.111. The number of aliphatic hydroxyl groups excluding tert-OH is 1. The highest BCUT2D eigenvalue weighted by Crippen LogP contribution is 2.41. The molecule has 1 aromatic heterocycles. The Hall–Kier alpha value is -4.79. The summed E-state index contributed by atoms with van der Waals surface area (Å²) >= 11 is 6.37. The molecule has 0 unspecified atom stereocenters. The molecule has 3 aromatic carbocycles. The van der Waals surface area contributed by atoms with E-state index in [1.54, 1.807) is 12.1 Å². The Morgan fingerprint density at radius 2 is 1.90 bits per heavy atom. The van der Waals surface area contributed by atoms with Gasteiger partial charge < -0.3 is 15.7 Å². The van der Waals surface area contributed by atoms with E-state index in [9.17, 15) is 28.7 Å². The van der Waals surface area contributed by atoms with Gasteiger partial charge in [0.2, 0.25) is 0 Å². The van der Waals surface area contributed by atoms with Crippen molar-refractivity contribution < 1.29 is 23.5 Å². The number of nitrogens with zero attached hydrogens (tertiary/aromatic N) is 4. The lowest BCUT2D eigenvalue weighted by molar-refractivity contribution is 0.0960. The van der Waals surface area contributed by atoms with Gasteiger partial charge in [-0.1, -0.05) is 11.6 Å². The van der Waals surface area contributed by atoms with Crippen LogP contribution in [0, 0.1) is 23.0 Å². The molecule has 2 atom stereocenters. The molecule has 0 bridgehead atoms. The van der Waals surface area contributed by atoms with Crippen LogP contribution in [0.15, 0.2) is 60.9 Å². The van der Waals surface area contributed by atoms with Gasteiger partial charge in [0, 0.05) is 33.5 Å². The molecular weight excluding hydrogens is 530 g/mol. The summed E-state index contributed by atoms with van der Waals surface area (Å²) in [6.07, 6.45) is 1.72. The zero-order valence-electron chi connectivity index (χ0n) is 19.8. The zero-order chi connectivity index (χ0) is 27.4. The van der Waals surface area contributed by atoms with Gasteiger partial charge in [-0.15, -0.1) is 0 Å². The van der Waals surface area contributed by atoms with Gasteiger partial charge in [0.05, 0.1) is 47.5 Å². The van der Waals surface area contributed by atoms with E-state index in [2.05, 4.69) is 15.7 Å². The van der Waals surface area contributed by atoms with E-state index in [1.807, 2.05) is 6.07 Å². The van der Waals surface area contributed by atoms with Crippen LogP contribution < -0.4 is 15.5 Å². The first kappa shape index (κ1) is 24.5. The number of hydrogen-bond donors (Lipinski definition) is 3. The quantitative estimate of drug-likeness (QED) is 0.347. The van der Waals surface area contributed by atoms with E-state index in [0.717, 1.165) is 0 Å². The van der Waals surface area contributed by atoms with Crippen LogP contribution in [0.2, 0.25) is 5.02 Å². The number of rotatable bonds is 3. The highest BCUT2D eigenvalue weighted by molar-refractivity contribution is 6.31. The Labute approximate surface area is 224 Å². The number of hydrogen-bond acceptors (Lipinski definition) is 5. The van der Waals surface area contributed by atoms with E-state index >= 15 is 0 Å². The number of carbonyl (C=O) groups is 2. The van der Waals surface area contributed by atoms with Crippen molar-refractivity contribution in [1.29, 1.82) is 5.26 Å². The molecule has 6 rings (SSSR count). The second kappa shape index (κ2) is 9.20. The summed E-state index contributed by atoms with van der Waals surface area (Å²) in [6, 6.07) is 11.1. The molecule has 2 aliphatic heterocycles. The molecule has 0 spiro atoms. The number of nitriles is 1. The number of aliphatic hydroxyl groups is 1. The molecule has 12 heteroatoms. The third kappa shape index (κ3) is 4.16. The number of benzene rings is 3. The Morgan fingerprint density at radius 3 is 2.64 bits per heavy atom. The van der Waals surface area contributed by atoms with Gasteiger partial charge in [-0.25, -0.2) is 18.3 Å². The number of fused-ring (bicyclic) bond motifs is 2. The minimum absolute atomic E-state index is 0.118. The van der Waals surface area contributed by atoms with Crippen molar-refractivity contribution in [3.63, 3.8) is 0 Å². The predicted octanol–water partition coefficient (Wildman–Crippen LogP) is 4.59. The summed E-state index contributed by atoms with van der Waals surface area (Å²) in [5, 5.41) is 29.6. The van der Waals surface area contributed by atoms with Crippen molar-refractivity contribution in [2.45, 2.75) is 12.1 Å². The third-order valence-electron chi connectivity index (χ3n) is 6.70. The lowest BCUT2D eigenvalue weighted by Crippen LogP contribution is -2.34. The van der Waals surface area contributed by atoms with Crippen LogP contribution in [0.1, 0.15) is 44.8 Å². The van der Waals surface area contributed by atoms with E-state index in [1.165, 1.54) is 58.4 Å². The van der Waals surface area contributed by atoms with Gasteiger partial charge in [-0.2, -0.15) is 10.4 Å². The maximum absolute atomic E-state index is 14.2. The normalized spacial score (nSPS) is 17.4. The maximum atomic E-state index is 14.2. The number of nitrogens with one attached hydrogen (secondary N) is 2. The number of aromatic nitrogens is 2. The summed E-state index contributed by atoms with van der Waals surface area (Å²) < 4.78 is 29.3. The Balaban J connectivity index is 1.47. The minimum atomic E-state index is -1.09. The minimum Gasteiger partial charge on any atom is -0.386 e. The average molecular weight is 547 g/mol. The molecule has 3 N–H and O–H groups in total. The molecule has 3 amide bonds. The van der Waals surface area contributed by atoms with Crippen LogP contribution in [0.25, 0.3) is 5.69 Å². The van der Waals surface area contributed by atoms with Crippen LogP contribution in [0.5, 0.6) is 0 Å². The second-order valence-electron chi connectivity index (χ2n) is 9.07. The van der Waals surface area contributed by atoms with Gasteiger partial charge in [0.25, 0.3) is 5.91 Å². The van der Waals surface area contributed by atoms with Crippen molar-refractivity contribution in [1.82, 2.24) is 15.1 Å². The summed E-state index contributed by atoms with van der Waals surface area (Å²) in [7, 11) is 0. The molecule has 9 nitrogen and oxygen atoms in total. The largest absolute Gasteiger partial charge is 0.386 e. The Kier molecular flexibility index (Phi) is 5.79. The van der Waals surface area contributed by atoms with Crippen LogP contribution in [-0.4, -0.2) is 33.4 Å². The van der Waals surface area contributed by atoms with Gasteiger partial charge in [-0.05, 0) is 48.5 Å². The number of halogens is 3. The standard InChI is InChI=1S/C27H17ClF2N6O3/c28-20-3-1-14(29)5-17(20)25-24-19(26(38)34-25)7-16(36-11-13(9-31)10-32-36)8-21(24)33-27(39)35-12-23(37)18-6-15(30)2-4-22(18)35/h1-8,10-11,23,25,37H,12H2,(H,33,39)(H,34,38)/t23-,25-/m0/s1. The van der Waals surface area contributed by atoms with Crippen molar-refractivity contribution >= 4 is 34.9 Å². The summed E-state index contributed by atoms with van der Waals surface area (Å²) in [5.74, 6) is -1.59. The SMILES string of the molecule is N#Cc1cnn(-c2cc(NC(=O)N3C[C@H](O)c4cc(F)ccc43)c3c(c2)C(=O)N[C@H]3c2cc(F)ccc2Cl)c1. The van der Waals surface area contributed by atoms with Crippen molar-refractivity contribution in [3.05, 3.63) is 105 Å². The van der Waals surface area contributed by atoms with Gasteiger partial charge in [0.15, 0.2) is 0 Å². The molecule has 0 saturated heterocycles. The Bertz CT molecular complexity index is 1730. The predicted molar refractivity (Wildman–Crippen MR) is 137 cm³/mol. The molecule has 194 valence electrons. The van der Waals surface area contributed by atoms with Crippen LogP contribution in [-0.2, 0) is 0 Å². The zero-order valence-corrected chi connectivity index (χ0v) is 20.6. The van der Waals surface area contributed by atoms with Crippen LogP contribution >= 0.6 is 11.6 Å². The number of urea groups is 1. The monoisotopic (exact) mass is 546 g/mol. The number of β-amino-alcohol motifs (C(OH)–C–C–N with tert-alkyl or cyclic N) is 1. The second-order valence-corrected chi connectivity index (χ2v) is 9.48. The van der Waals surface area contributed by atoms with Gasteiger partial charge in [0.1, 0.15) is 17.7 Å². The highest BCUT2D eigenvalue weighted by Gasteiger charge is 2.37. The molecule has 0 saturated carbocycles. The molecule has 0 aliphatic carbocycles. The van der Waals surface area contributed by atoms with E-state index < -0.39 is 35.7 Å².